The topological polar surface area (TPSA) is 88.6 Å². The van der Waals surface area contributed by atoms with E-state index in [2.05, 4.69) is 20.1 Å². The Balaban J connectivity index is 1.39. The zero-order valence-electron chi connectivity index (χ0n) is 17.5. The van der Waals surface area contributed by atoms with Crippen LogP contribution in [-0.4, -0.2) is 66.0 Å². The van der Waals surface area contributed by atoms with Gasteiger partial charge in [-0.1, -0.05) is 17.7 Å². The van der Waals surface area contributed by atoms with E-state index in [1.54, 1.807) is 29.9 Å². The second-order valence-corrected chi connectivity index (χ2v) is 7.92. The van der Waals surface area contributed by atoms with Gasteiger partial charge in [-0.25, -0.2) is 0 Å². The molecule has 5 rings (SSSR count). The molecule has 1 fully saturated rings. The maximum absolute atomic E-state index is 12.7. The Morgan fingerprint density at radius 1 is 1.06 bits per heavy atom. The molecule has 1 aliphatic heterocycles. The molecule has 31 heavy (non-hydrogen) atoms. The van der Waals surface area contributed by atoms with Crippen molar-refractivity contribution in [2.45, 2.75) is 13.5 Å². The maximum atomic E-state index is 12.7. The third-order valence-electron chi connectivity index (χ3n) is 5.85. The van der Waals surface area contributed by atoms with E-state index >= 15 is 0 Å². The summed E-state index contributed by atoms with van der Waals surface area (Å²) in [5.41, 5.74) is 2.24. The molecule has 0 unspecified atom stereocenters. The van der Waals surface area contributed by atoms with E-state index in [1.165, 1.54) is 0 Å². The van der Waals surface area contributed by atoms with Crippen molar-refractivity contribution in [3.05, 3.63) is 70.0 Å². The average Bonchev–Trinajstić information content (AvgIpc) is 3.22. The highest BCUT2D eigenvalue weighted by molar-refractivity contribution is 5.92. The summed E-state index contributed by atoms with van der Waals surface area (Å²) in [6.07, 6.45) is 1.64. The van der Waals surface area contributed by atoms with Gasteiger partial charge in [0.15, 0.2) is 5.82 Å². The summed E-state index contributed by atoms with van der Waals surface area (Å²) in [4.78, 5) is 33.6. The number of hydrogen-bond donors (Lipinski definition) is 0. The summed E-state index contributed by atoms with van der Waals surface area (Å²) in [6, 6.07) is 11.2. The number of aromatic nitrogens is 5. The second-order valence-electron chi connectivity index (χ2n) is 7.92. The fourth-order valence-electron chi connectivity index (χ4n) is 4.12. The van der Waals surface area contributed by atoms with Gasteiger partial charge >= 0.3 is 0 Å². The quantitative estimate of drug-likeness (QED) is 0.498. The van der Waals surface area contributed by atoms with Crippen LogP contribution in [0.3, 0.4) is 0 Å². The lowest BCUT2D eigenvalue weighted by molar-refractivity contribution is 0.0619. The molecule has 1 aliphatic rings. The Kier molecular flexibility index (Phi) is 4.74. The fourth-order valence-corrected chi connectivity index (χ4v) is 4.12. The van der Waals surface area contributed by atoms with Crippen molar-refractivity contribution in [2.75, 3.05) is 26.2 Å². The minimum Gasteiger partial charge on any atom is -0.335 e. The van der Waals surface area contributed by atoms with Crippen molar-refractivity contribution in [3.8, 4) is 0 Å². The molecular formula is C22H23N7O2. The highest BCUT2D eigenvalue weighted by Crippen LogP contribution is 2.17. The van der Waals surface area contributed by atoms with E-state index in [0.717, 1.165) is 30.0 Å². The van der Waals surface area contributed by atoms with Gasteiger partial charge in [0.1, 0.15) is 5.69 Å². The first-order chi connectivity index (χ1) is 15.0. The Morgan fingerprint density at radius 3 is 2.61 bits per heavy atom. The molecule has 3 aromatic heterocycles. The summed E-state index contributed by atoms with van der Waals surface area (Å²) in [5, 5.41) is 9.32. The molecule has 0 atom stereocenters. The Morgan fingerprint density at radius 2 is 1.87 bits per heavy atom. The number of pyridine rings is 1. The summed E-state index contributed by atoms with van der Waals surface area (Å²) >= 11 is 0. The molecule has 0 N–H and O–H groups in total. The van der Waals surface area contributed by atoms with Gasteiger partial charge < -0.3 is 4.90 Å². The van der Waals surface area contributed by atoms with Crippen molar-refractivity contribution >= 4 is 22.6 Å². The molecule has 9 nitrogen and oxygen atoms in total. The van der Waals surface area contributed by atoms with Crippen LogP contribution < -0.4 is 5.56 Å². The smallest absolute Gasteiger partial charge is 0.272 e. The van der Waals surface area contributed by atoms with Gasteiger partial charge in [-0.3, -0.25) is 28.4 Å². The molecule has 4 aromatic rings. The molecule has 0 aliphatic carbocycles. The number of carbonyl (C=O) groups is 1. The molecule has 0 radical (unpaired) electrons. The van der Waals surface area contributed by atoms with Crippen LogP contribution in [0.4, 0.5) is 0 Å². The third kappa shape index (κ3) is 3.36. The van der Waals surface area contributed by atoms with Gasteiger partial charge in [0, 0.05) is 39.4 Å². The minimum atomic E-state index is -0.0770. The zero-order valence-corrected chi connectivity index (χ0v) is 17.5. The van der Waals surface area contributed by atoms with Crippen molar-refractivity contribution in [1.82, 2.24) is 33.9 Å². The first-order valence-corrected chi connectivity index (χ1v) is 10.3. The molecule has 0 spiro atoms. The van der Waals surface area contributed by atoms with Gasteiger partial charge in [0.25, 0.3) is 11.5 Å². The van der Waals surface area contributed by atoms with Gasteiger partial charge in [-0.2, -0.15) is 0 Å². The van der Waals surface area contributed by atoms with Crippen molar-refractivity contribution in [2.24, 2.45) is 7.05 Å². The number of amides is 1. The van der Waals surface area contributed by atoms with Gasteiger partial charge in [-0.05, 0) is 31.2 Å². The minimum absolute atomic E-state index is 0.0375. The summed E-state index contributed by atoms with van der Waals surface area (Å²) in [6.45, 7) is 5.29. The number of nitrogens with zero attached hydrogens (tertiary/aromatic N) is 7. The summed E-state index contributed by atoms with van der Waals surface area (Å²) < 4.78 is 3.50. The monoisotopic (exact) mass is 417 g/mol. The molecule has 0 saturated carbocycles. The lowest BCUT2D eigenvalue weighted by Crippen LogP contribution is -2.48. The van der Waals surface area contributed by atoms with Gasteiger partial charge in [0.05, 0.1) is 17.4 Å². The highest BCUT2D eigenvalue weighted by Gasteiger charge is 2.24. The lowest BCUT2D eigenvalue weighted by Gasteiger charge is -2.34. The van der Waals surface area contributed by atoms with Gasteiger partial charge in [0.2, 0.25) is 5.78 Å². The van der Waals surface area contributed by atoms with E-state index in [4.69, 9.17) is 0 Å². The molecule has 1 aromatic carbocycles. The number of hydrogen-bond acceptors (Lipinski definition) is 6. The number of rotatable bonds is 3. The first-order valence-electron chi connectivity index (χ1n) is 10.3. The summed E-state index contributed by atoms with van der Waals surface area (Å²) in [5.74, 6) is 1.27. The molecule has 9 heteroatoms. The van der Waals surface area contributed by atoms with E-state index in [-0.39, 0.29) is 11.5 Å². The lowest BCUT2D eigenvalue weighted by atomic mass is 10.1. The predicted octanol–water partition coefficient (Wildman–Crippen LogP) is 1.24. The van der Waals surface area contributed by atoms with Crippen molar-refractivity contribution < 1.29 is 4.79 Å². The molecular weight excluding hydrogens is 394 g/mol. The number of piperazine rings is 1. The van der Waals surface area contributed by atoms with Crippen LogP contribution in [0.2, 0.25) is 0 Å². The van der Waals surface area contributed by atoms with E-state index < -0.39 is 0 Å². The SMILES string of the molecule is Cc1ccc2c(c1)c(=O)n(C)c1nnc(CN3CCN(C(=O)c4ccccn4)CC3)n21. The Hall–Kier alpha value is -3.59. The molecule has 0 bridgehead atoms. The first kappa shape index (κ1) is 19.4. The van der Waals surface area contributed by atoms with Crippen molar-refractivity contribution in [3.63, 3.8) is 0 Å². The zero-order chi connectivity index (χ0) is 21.5. The fraction of sp³-hybridized carbons (Fsp3) is 0.318. The number of fused-ring (bicyclic) bond motifs is 3. The third-order valence-corrected chi connectivity index (χ3v) is 5.85. The normalized spacial score (nSPS) is 15.1. The Labute approximate surface area is 178 Å². The van der Waals surface area contributed by atoms with E-state index in [9.17, 15) is 9.59 Å². The number of carbonyl (C=O) groups excluding carboxylic acids is 1. The molecule has 1 saturated heterocycles. The number of aryl methyl sites for hydroxylation is 2. The standard InChI is InChI=1S/C22H23N7O2/c1-15-6-7-18-16(13-15)20(30)26(2)22-25-24-19(29(18)22)14-27-9-11-28(12-10-27)21(31)17-5-3-4-8-23-17/h3-8,13H,9-12,14H2,1-2H3. The van der Waals surface area contributed by atoms with Crippen LogP contribution in [-0.2, 0) is 13.6 Å². The van der Waals surface area contributed by atoms with Crippen molar-refractivity contribution in [1.29, 1.82) is 0 Å². The summed E-state index contributed by atoms with van der Waals surface area (Å²) in [7, 11) is 1.72. The van der Waals surface area contributed by atoms with Crippen LogP contribution >= 0.6 is 0 Å². The molecule has 1 amide bonds. The second kappa shape index (κ2) is 7.59. The van der Waals surface area contributed by atoms with Crippen LogP contribution in [0.1, 0.15) is 21.9 Å². The molecule has 4 heterocycles. The van der Waals surface area contributed by atoms with E-state index in [1.807, 2.05) is 40.5 Å². The highest BCUT2D eigenvalue weighted by atomic mass is 16.2. The maximum Gasteiger partial charge on any atom is 0.272 e. The van der Waals surface area contributed by atoms with E-state index in [0.29, 0.717) is 36.5 Å². The Bertz CT molecular complexity index is 1330. The molecule has 158 valence electrons. The van der Waals surface area contributed by atoms with Crippen LogP contribution in [0, 0.1) is 6.92 Å². The van der Waals surface area contributed by atoms with Crippen LogP contribution in [0.5, 0.6) is 0 Å². The van der Waals surface area contributed by atoms with Crippen LogP contribution in [0.15, 0.2) is 47.4 Å². The number of benzene rings is 1. The van der Waals surface area contributed by atoms with Crippen LogP contribution in [0.25, 0.3) is 16.7 Å². The average molecular weight is 417 g/mol. The largest absolute Gasteiger partial charge is 0.335 e. The van der Waals surface area contributed by atoms with Gasteiger partial charge in [-0.15, -0.1) is 10.2 Å². The predicted molar refractivity (Wildman–Crippen MR) is 116 cm³/mol.